The number of para-hydroxylation sites is 1. The standard InChI is InChI=1S/C19H16N.C18H12NO.Ir/c1-2-15-13-19(17-11-7-4-8-12-17)20-14-18(15)16-9-5-3-6-10-16;1-12-6-9-16(19-11-12)13-7-8-15-14-4-2-3-5-17(14)20-18(15)10-13;/h3-11,13-14H,2H2,1H3;2-6,8-11H,1H3;/q2*-1;. The first-order valence-electron chi connectivity index (χ1n) is 13.5. The van der Waals surface area contributed by atoms with Crippen LogP contribution in [0.2, 0.25) is 0 Å². The van der Waals surface area contributed by atoms with Crippen molar-refractivity contribution in [3.63, 3.8) is 0 Å². The molecule has 4 heteroatoms. The summed E-state index contributed by atoms with van der Waals surface area (Å²) in [5.41, 5.74) is 10.6. The number of rotatable bonds is 4. The van der Waals surface area contributed by atoms with E-state index in [2.05, 4.69) is 71.5 Å². The van der Waals surface area contributed by atoms with Crippen molar-refractivity contribution in [3.8, 4) is 33.6 Å². The summed E-state index contributed by atoms with van der Waals surface area (Å²) in [7, 11) is 0. The van der Waals surface area contributed by atoms with Gasteiger partial charge in [0.25, 0.3) is 0 Å². The molecule has 4 aromatic carbocycles. The molecule has 7 rings (SSSR count). The molecular weight excluding hydrogens is 681 g/mol. The summed E-state index contributed by atoms with van der Waals surface area (Å²) in [5.74, 6) is 0. The molecule has 203 valence electrons. The van der Waals surface area contributed by atoms with Gasteiger partial charge in [0.15, 0.2) is 0 Å². The number of pyridine rings is 2. The van der Waals surface area contributed by atoms with Crippen LogP contribution >= 0.6 is 0 Å². The van der Waals surface area contributed by atoms with Crippen LogP contribution in [0.1, 0.15) is 18.1 Å². The van der Waals surface area contributed by atoms with E-state index in [9.17, 15) is 0 Å². The fraction of sp³-hybridized carbons (Fsp3) is 0.0811. The average molecular weight is 709 g/mol. The van der Waals surface area contributed by atoms with Gasteiger partial charge in [0.2, 0.25) is 0 Å². The van der Waals surface area contributed by atoms with Gasteiger partial charge in [-0.05, 0) is 52.9 Å². The number of hydrogen-bond donors (Lipinski definition) is 0. The Balaban J connectivity index is 0.000000161. The molecule has 3 nitrogen and oxygen atoms in total. The van der Waals surface area contributed by atoms with Crippen molar-refractivity contribution in [1.82, 2.24) is 9.97 Å². The number of hydrogen-bond acceptors (Lipinski definition) is 3. The molecule has 0 bridgehead atoms. The van der Waals surface area contributed by atoms with Crippen molar-refractivity contribution in [1.29, 1.82) is 0 Å². The molecule has 0 aliphatic heterocycles. The van der Waals surface area contributed by atoms with E-state index in [1.165, 1.54) is 16.7 Å². The normalized spacial score (nSPS) is 10.6. The topological polar surface area (TPSA) is 38.9 Å². The van der Waals surface area contributed by atoms with E-state index in [1.54, 1.807) is 0 Å². The van der Waals surface area contributed by atoms with Gasteiger partial charge >= 0.3 is 0 Å². The Morgan fingerprint density at radius 1 is 0.683 bits per heavy atom. The van der Waals surface area contributed by atoms with E-state index in [4.69, 9.17) is 4.42 Å². The van der Waals surface area contributed by atoms with Crippen LogP contribution in [0.5, 0.6) is 0 Å². The first-order chi connectivity index (χ1) is 19.7. The van der Waals surface area contributed by atoms with E-state index in [-0.39, 0.29) is 20.1 Å². The van der Waals surface area contributed by atoms with Crippen LogP contribution in [-0.2, 0) is 26.5 Å². The summed E-state index contributed by atoms with van der Waals surface area (Å²) in [6, 6.07) is 43.2. The van der Waals surface area contributed by atoms with Crippen LogP contribution in [-0.4, -0.2) is 9.97 Å². The van der Waals surface area contributed by atoms with Crippen molar-refractivity contribution < 1.29 is 24.5 Å². The second-order valence-corrected chi connectivity index (χ2v) is 9.67. The van der Waals surface area contributed by atoms with Crippen molar-refractivity contribution in [3.05, 3.63) is 145 Å². The smallest absolute Gasteiger partial charge is 0.123 e. The van der Waals surface area contributed by atoms with Gasteiger partial charge in [0, 0.05) is 38.1 Å². The van der Waals surface area contributed by atoms with Crippen LogP contribution in [0.25, 0.3) is 55.6 Å². The molecule has 0 amide bonds. The van der Waals surface area contributed by atoms with Gasteiger partial charge in [-0.25, -0.2) is 0 Å². The maximum atomic E-state index is 5.89. The molecule has 0 unspecified atom stereocenters. The Morgan fingerprint density at radius 3 is 2.22 bits per heavy atom. The number of fused-ring (bicyclic) bond motifs is 3. The van der Waals surface area contributed by atoms with E-state index >= 15 is 0 Å². The Bertz CT molecular complexity index is 1880. The zero-order valence-electron chi connectivity index (χ0n) is 22.9. The molecule has 0 atom stereocenters. The second-order valence-electron chi connectivity index (χ2n) is 9.67. The molecule has 7 aromatic rings. The van der Waals surface area contributed by atoms with Gasteiger partial charge in [-0.1, -0.05) is 85.1 Å². The summed E-state index contributed by atoms with van der Waals surface area (Å²) >= 11 is 0. The predicted octanol–water partition coefficient (Wildman–Crippen LogP) is 9.53. The molecule has 0 fully saturated rings. The molecule has 0 saturated carbocycles. The van der Waals surface area contributed by atoms with Gasteiger partial charge in [0.1, 0.15) is 5.58 Å². The minimum absolute atomic E-state index is 0. The SMILES string of the molecule is CCc1cc(-c2[c-]cccc2)ncc1-c1ccccc1.Cc1ccc(-c2[c-]cc3c(c2)oc2ccccc23)nc1.[Ir]. The Morgan fingerprint density at radius 2 is 1.46 bits per heavy atom. The largest absolute Gasteiger partial charge is 0.476 e. The first kappa shape index (κ1) is 28.2. The van der Waals surface area contributed by atoms with Gasteiger partial charge in [0.05, 0.1) is 5.58 Å². The zero-order chi connectivity index (χ0) is 27.3. The third kappa shape index (κ3) is 6.20. The number of furan rings is 1. The zero-order valence-corrected chi connectivity index (χ0v) is 25.3. The quantitative estimate of drug-likeness (QED) is 0.171. The third-order valence-electron chi connectivity index (χ3n) is 6.94. The van der Waals surface area contributed by atoms with Gasteiger partial charge in [-0.15, -0.1) is 53.6 Å². The Hall–Kier alpha value is -4.37. The summed E-state index contributed by atoms with van der Waals surface area (Å²) in [6.07, 6.45) is 4.84. The fourth-order valence-electron chi connectivity index (χ4n) is 4.81. The third-order valence-corrected chi connectivity index (χ3v) is 6.94. The van der Waals surface area contributed by atoms with E-state index in [0.29, 0.717) is 0 Å². The van der Waals surface area contributed by atoms with Crippen molar-refractivity contribution in [2.24, 2.45) is 0 Å². The second kappa shape index (κ2) is 12.9. The molecule has 0 N–H and O–H groups in total. The minimum Gasteiger partial charge on any atom is -0.476 e. The van der Waals surface area contributed by atoms with E-state index < -0.39 is 0 Å². The first-order valence-corrected chi connectivity index (χ1v) is 13.5. The van der Waals surface area contributed by atoms with E-state index in [1.807, 2.05) is 86.0 Å². The average Bonchev–Trinajstić information content (AvgIpc) is 3.40. The molecule has 0 spiro atoms. The van der Waals surface area contributed by atoms with Crippen molar-refractivity contribution >= 4 is 21.9 Å². The molecular formula is C37H28IrN2O-2. The number of aryl methyl sites for hydroxylation is 2. The predicted molar refractivity (Wildman–Crippen MR) is 164 cm³/mol. The monoisotopic (exact) mass is 709 g/mol. The summed E-state index contributed by atoms with van der Waals surface area (Å²) in [6.45, 7) is 4.21. The maximum absolute atomic E-state index is 5.89. The summed E-state index contributed by atoms with van der Waals surface area (Å²) < 4.78 is 5.89. The molecule has 0 aliphatic rings. The van der Waals surface area contributed by atoms with Gasteiger partial charge in [-0.3, -0.25) is 0 Å². The molecule has 0 aliphatic carbocycles. The van der Waals surface area contributed by atoms with Crippen LogP contribution in [0.3, 0.4) is 0 Å². The Kier molecular flexibility index (Phi) is 8.84. The number of benzene rings is 4. The van der Waals surface area contributed by atoms with Crippen LogP contribution in [0.4, 0.5) is 0 Å². The van der Waals surface area contributed by atoms with Crippen molar-refractivity contribution in [2.45, 2.75) is 20.3 Å². The molecule has 1 radical (unpaired) electrons. The van der Waals surface area contributed by atoms with Gasteiger partial charge < -0.3 is 14.4 Å². The maximum Gasteiger partial charge on any atom is 0.123 e. The van der Waals surface area contributed by atoms with Gasteiger partial charge in [-0.2, -0.15) is 0 Å². The van der Waals surface area contributed by atoms with Crippen LogP contribution < -0.4 is 0 Å². The minimum atomic E-state index is 0. The van der Waals surface area contributed by atoms with Crippen molar-refractivity contribution in [2.75, 3.05) is 0 Å². The molecule has 0 saturated heterocycles. The number of aromatic nitrogens is 2. The number of nitrogens with zero attached hydrogens (tertiary/aromatic N) is 2. The fourth-order valence-corrected chi connectivity index (χ4v) is 4.81. The Labute approximate surface area is 254 Å². The molecule has 3 aromatic heterocycles. The van der Waals surface area contributed by atoms with E-state index in [0.717, 1.165) is 56.4 Å². The van der Waals surface area contributed by atoms with Crippen LogP contribution in [0.15, 0.2) is 126 Å². The summed E-state index contributed by atoms with van der Waals surface area (Å²) in [5, 5.41) is 2.22. The van der Waals surface area contributed by atoms with Crippen LogP contribution in [0, 0.1) is 19.1 Å². The summed E-state index contributed by atoms with van der Waals surface area (Å²) in [4.78, 5) is 9.04. The molecule has 41 heavy (non-hydrogen) atoms. The molecule has 3 heterocycles.